The molecule has 1 heterocycles. The second kappa shape index (κ2) is 7.13. The Bertz CT molecular complexity index is 671. The average Bonchev–Trinajstić information content (AvgIpc) is 2.49. The maximum atomic E-state index is 12.0. The lowest BCUT2D eigenvalue weighted by molar-refractivity contribution is -0.222. The predicted molar refractivity (Wildman–Crippen MR) is 88.0 cm³/mol. The number of carbonyl (C=O) groups excluding carboxylic acids is 2. The molecule has 1 fully saturated rings. The predicted octanol–water partition coefficient (Wildman–Crippen LogP) is 3.36. The molecule has 130 valence electrons. The molecular weight excluding hydrogens is 336 g/mol. The molecule has 0 radical (unpaired) electrons. The first-order valence-electron chi connectivity index (χ1n) is 7.46. The third-order valence-corrected chi connectivity index (χ3v) is 3.49. The molecule has 1 aromatic carbocycles. The summed E-state index contributed by atoms with van der Waals surface area (Å²) in [5, 5.41) is 0.305. The van der Waals surface area contributed by atoms with Crippen LogP contribution in [0.3, 0.4) is 0 Å². The van der Waals surface area contributed by atoms with Crippen LogP contribution in [0.25, 0.3) is 6.08 Å². The number of rotatable bonds is 5. The molecule has 2 rings (SSSR count). The van der Waals surface area contributed by atoms with Crippen LogP contribution >= 0.6 is 11.6 Å². The summed E-state index contributed by atoms with van der Waals surface area (Å²) in [5.41, 5.74) is 0.182. The number of hydrogen-bond acceptors (Lipinski definition) is 6. The van der Waals surface area contributed by atoms with Crippen molar-refractivity contribution in [2.24, 2.45) is 0 Å². The molecule has 0 N–H and O–H groups in total. The summed E-state index contributed by atoms with van der Waals surface area (Å²) in [6, 6.07) is 3.16. The number of esters is 2. The van der Waals surface area contributed by atoms with E-state index in [1.807, 2.05) is 6.92 Å². The van der Waals surface area contributed by atoms with Crippen molar-refractivity contribution in [3.63, 3.8) is 0 Å². The van der Waals surface area contributed by atoms with E-state index < -0.39 is 17.7 Å². The summed E-state index contributed by atoms with van der Waals surface area (Å²) in [5.74, 6) is -1.89. The highest BCUT2D eigenvalue weighted by molar-refractivity contribution is 6.32. The first kappa shape index (κ1) is 18.1. The second-order valence-electron chi connectivity index (χ2n) is 5.61. The van der Waals surface area contributed by atoms with E-state index in [4.69, 9.17) is 30.5 Å². The van der Waals surface area contributed by atoms with Crippen molar-refractivity contribution in [1.29, 1.82) is 0 Å². The molecule has 1 saturated heterocycles. The van der Waals surface area contributed by atoms with Crippen molar-refractivity contribution in [1.82, 2.24) is 0 Å². The van der Waals surface area contributed by atoms with Crippen molar-refractivity contribution in [2.45, 2.75) is 33.0 Å². The molecule has 6 nitrogen and oxygen atoms in total. The summed E-state index contributed by atoms with van der Waals surface area (Å²) in [7, 11) is 1.49. The maximum Gasteiger partial charge on any atom is 0.348 e. The highest BCUT2D eigenvalue weighted by Crippen LogP contribution is 2.35. The molecule has 0 aliphatic carbocycles. The molecule has 0 aromatic heterocycles. The zero-order valence-corrected chi connectivity index (χ0v) is 14.7. The Morgan fingerprint density at radius 3 is 2.33 bits per heavy atom. The van der Waals surface area contributed by atoms with Crippen molar-refractivity contribution < 1.29 is 28.5 Å². The lowest BCUT2D eigenvalue weighted by atomic mass is 10.1. The SMILES string of the molecule is CCCOc1cc(Cl)c(C=C2C(=O)OC(C)(C)OC2=O)cc1OC. The lowest BCUT2D eigenvalue weighted by Crippen LogP contribution is -2.41. The minimum Gasteiger partial charge on any atom is -0.493 e. The third-order valence-electron chi connectivity index (χ3n) is 3.16. The quantitative estimate of drug-likeness (QED) is 0.458. The largest absolute Gasteiger partial charge is 0.493 e. The Hall–Kier alpha value is -2.21. The summed E-state index contributed by atoms with van der Waals surface area (Å²) < 4.78 is 20.9. The standard InChI is InChI=1S/C17H19ClO6/c1-5-6-22-14-9-12(18)10(8-13(14)21-4)7-11-15(19)23-17(2,3)24-16(11)20/h7-9H,5-6H2,1-4H3. The van der Waals surface area contributed by atoms with Crippen LogP contribution in [-0.4, -0.2) is 31.4 Å². The van der Waals surface area contributed by atoms with Gasteiger partial charge in [-0.1, -0.05) is 18.5 Å². The van der Waals surface area contributed by atoms with E-state index in [0.29, 0.717) is 28.7 Å². The highest BCUT2D eigenvalue weighted by Gasteiger charge is 2.39. The number of methoxy groups -OCH3 is 1. The topological polar surface area (TPSA) is 71.1 Å². The van der Waals surface area contributed by atoms with Gasteiger partial charge >= 0.3 is 11.9 Å². The Morgan fingerprint density at radius 1 is 1.17 bits per heavy atom. The maximum absolute atomic E-state index is 12.0. The Labute approximate surface area is 145 Å². The Kier molecular flexibility index (Phi) is 5.39. The first-order chi connectivity index (χ1) is 11.3. The van der Waals surface area contributed by atoms with Gasteiger partial charge in [0.25, 0.3) is 5.79 Å². The molecule has 0 atom stereocenters. The Balaban J connectivity index is 2.38. The number of benzene rings is 1. The molecule has 24 heavy (non-hydrogen) atoms. The molecule has 0 amide bonds. The van der Waals surface area contributed by atoms with Crippen molar-refractivity contribution in [3.8, 4) is 11.5 Å². The molecule has 7 heteroatoms. The molecule has 1 aromatic rings. The van der Waals surface area contributed by atoms with Gasteiger partial charge in [0.05, 0.1) is 18.7 Å². The number of carbonyl (C=O) groups is 2. The van der Waals surface area contributed by atoms with Gasteiger partial charge in [0, 0.05) is 19.9 Å². The molecule has 1 aliphatic heterocycles. The van der Waals surface area contributed by atoms with Crippen LogP contribution in [0.1, 0.15) is 32.8 Å². The summed E-state index contributed by atoms with van der Waals surface area (Å²) in [6.07, 6.45) is 2.15. The minimum absolute atomic E-state index is 0.236. The van der Waals surface area contributed by atoms with Crippen LogP contribution < -0.4 is 9.47 Å². The monoisotopic (exact) mass is 354 g/mol. The lowest BCUT2D eigenvalue weighted by Gasteiger charge is -2.29. The average molecular weight is 355 g/mol. The van der Waals surface area contributed by atoms with Gasteiger partial charge in [-0.05, 0) is 24.1 Å². The van der Waals surface area contributed by atoms with E-state index in [2.05, 4.69) is 0 Å². The van der Waals surface area contributed by atoms with Crippen molar-refractivity contribution in [3.05, 3.63) is 28.3 Å². The summed E-state index contributed by atoms with van der Waals surface area (Å²) in [4.78, 5) is 24.0. The van der Waals surface area contributed by atoms with E-state index in [9.17, 15) is 9.59 Å². The fraction of sp³-hybridized carbons (Fsp3) is 0.412. The van der Waals surface area contributed by atoms with Crippen LogP contribution in [0.5, 0.6) is 11.5 Å². The van der Waals surface area contributed by atoms with Gasteiger partial charge in [-0.3, -0.25) is 0 Å². The van der Waals surface area contributed by atoms with Crippen molar-refractivity contribution in [2.75, 3.05) is 13.7 Å². The van der Waals surface area contributed by atoms with Crippen LogP contribution in [0.2, 0.25) is 5.02 Å². The summed E-state index contributed by atoms with van der Waals surface area (Å²) >= 11 is 6.22. The van der Waals surface area contributed by atoms with Crippen LogP contribution in [0.15, 0.2) is 17.7 Å². The van der Waals surface area contributed by atoms with Gasteiger partial charge in [-0.2, -0.15) is 0 Å². The molecular formula is C17H19ClO6. The van der Waals surface area contributed by atoms with Gasteiger partial charge < -0.3 is 18.9 Å². The normalized spacial score (nSPS) is 16.3. The fourth-order valence-corrected chi connectivity index (χ4v) is 2.29. The zero-order chi connectivity index (χ0) is 17.9. The van der Waals surface area contributed by atoms with E-state index in [1.165, 1.54) is 27.0 Å². The fourth-order valence-electron chi connectivity index (χ4n) is 2.08. The number of cyclic esters (lactones) is 2. The first-order valence-corrected chi connectivity index (χ1v) is 7.84. The van der Waals surface area contributed by atoms with Gasteiger partial charge in [-0.15, -0.1) is 0 Å². The van der Waals surface area contributed by atoms with E-state index in [1.54, 1.807) is 12.1 Å². The van der Waals surface area contributed by atoms with Gasteiger partial charge in [0.1, 0.15) is 5.57 Å². The van der Waals surface area contributed by atoms with Crippen LogP contribution in [-0.2, 0) is 19.1 Å². The molecule has 0 bridgehead atoms. The highest BCUT2D eigenvalue weighted by atomic mass is 35.5. The molecule has 0 saturated carbocycles. The summed E-state index contributed by atoms with van der Waals surface area (Å²) in [6.45, 7) is 5.46. The second-order valence-corrected chi connectivity index (χ2v) is 6.02. The van der Waals surface area contributed by atoms with Gasteiger partial charge in [0.2, 0.25) is 0 Å². The van der Waals surface area contributed by atoms with Crippen LogP contribution in [0.4, 0.5) is 0 Å². The van der Waals surface area contributed by atoms with Crippen LogP contribution in [0, 0.1) is 0 Å². The number of ether oxygens (including phenoxy) is 4. The third kappa shape index (κ3) is 4.00. The molecule has 0 unspecified atom stereocenters. The minimum atomic E-state index is -1.29. The van der Waals surface area contributed by atoms with E-state index >= 15 is 0 Å². The smallest absolute Gasteiger partial charge is 0.348 e. The zero-order valence-electron chi connectivity index (χ0n) is 14.0. The number of halogens is 1. The Morgan fingerprint density at radius 2 is 1.79 bits per heavy atom. The van der Waals surface area contributed by atoms with Gasteiger partial charge in [-0.25, -0.2) is 9.59 Å². The van der Waals surface area contributed by atoms with E-state index in [-0.39, 0.29) is 5.57 Å². The molecule has 0 spiro atoms. The van der Waals surface area contributed by atoms with E-state index in [0.717, 1.165) is 6.42 Å². The van der Waals surface area contributed by atoms with Gasteiger partial charge in [0.15, 0.2) is 11.5 Å². The molecule has 1 aliphatic rings. The number of hydrogen-bond donors (Lipinski definition) is 0. The van der Waals surface area contributed by atoms with Crippen molar-refractivity contribution >= 4 is 29.6 Å².